The Balaban J connectivity index is 1.59. The van der Waals surface area contributed by atoms with Crippen LogP contribution in [0.2, 0.25) is 0 Å². The molecule has 0 spiro atoms. The van der Waals surface area contributed by atoms with Crippen LogP contribution in [0.3, 0.4) is 0 Å². The summed E-state index contributed by atoms with van der Waals surface area (Å²) in [4.78, 5) is 36.8. The molecule has 2 fully saturated rings. The van der Waals surface area contributed by atoms with E-state index in [-0.39, 0.29) is 5.91 Å². The molecule has 0 aliphatic carbocycles. The molecule has 1 aromatic rings. The molecule has 2 N–H and O–H groups in total. The molecule has 3 rings (SSSR count). The first-order chi connectivity index (χ1) is 15.3. The first kappa shape index (κ1) is 24.3. The van der Waals surface area contributed by atoms with E-state index in [1.54, 1.807) is 24.5 Å². The van der Waals surface area contributed by atoms with Crippen molar-refractivity contribution in [3.8, 4) is 0 Å². The largest absolute Gasteiger partial charge is 0.388 e. The molecule has 0 bridgehead atoms. The molecular formula is C23H36N6O3. The second kappa shape index (κ2) is 11.0. The molecule has 2 aliphatic heterocycles. The zero-order valence-electron chi connectivity index (χ0n) is 19.5. The first-order valence-electron chi connectivity index (χ1n) is 11.2. The van der Waals surface area contributed by atoms with Crippen molar-refractivity contribution in [1.29, 1.82) is 0 Å². The summed E-state index contributed by atoms with van der Waals surface area (Å²) < 4.78 is 0. The van der Waals surface area contributed by atoms with Crippen molar-refractivity contribution >= 4 is 29.9 Å². The molecule has 0 saturated carbocycles. The second-order valence-corrected chi connectivity index (χ2v) is 9.21. The van der Waals surface area contributed by atoms with Gasteiger partial charge in [0.15, 0.2) is 6.29 Å². The summed E-state index contributed by atoms with van der Waals surface area (Å²) >= 11 is 0. The van der Waals surface area contributed by atoms with Gasteiger partial charge in [0.25, 0.3) is 0 Å². The van der Waals surface area contributed by atoms with E-state index in [1.165, 1.54) is 0 Å². The van der Waals surface area contributed by atoms with Gasteiger partial charge in [-0.15, -0.1) is 0 Å². The lowest BCUT2D eigenvalue weighted by molar-refractivity contribution is -0.117. The standard InChI is InChI=1S/C23H36N6O3/c1-26-8-6-23(32,7-9-26)17-28(3)18-24-21-14-20(5-4-19(21)16-30)25-22(31)15-29-12-10-27(2)11-13-29/h4-5,14,16,18,32H,6-13,15,17H2,1-3H3,(H,25,31). The number of carbonyl (C=O) groups is 2. The lowest BCUT2D eigenvalue weighted by atomic mass is 9.91. The van der Waals surface area contributed by atoms with Crippen LogP contribution in [-0.2, 0) is 4.79 Å². The first-order valence-corrected chi connectivity index (χ1v) is 11.2. The molecule has 9 heteroatoms. The average Bonchev–Trinajstić information content (AvgIpc) is 2.76. The number of piperidine rings is 1. The minimum Gasteiger partial charge on any atom is -0.388 e. The van der Waals surface area contributed by atoms with E-state index in [0.29, 0.717) is 30.0 Å². The third kappa shape index (κ3) is 7.09. The molecule has 0 atom stereocenters. The van der Waals surface area contributed by atoms with Gasteiger partial charge < -0.3 is 25.1 Å². The molecule has 176 valence electrons. The molecule has 2 aliphatic rings. The number of aliphatic imine (C=N–C) groups is 1. The molecule has 0 radical (unpaired) electrons. The van der Waals surface area contributed by atoms with Gasteiger partial charge in [0.05, 0.1) is 24.2 Å². The highest BCUT2D eigenvalue weighted by Crippen LogP contribution is 2.24. The van der Waals surface area contributed by atoms with Crippen LogP contribution in [-0.4, -0.2) is 122 Å². The summed E-state index contributed by atoms with van der Waals surface area (Å²) in [5.74, 6) is -0.0788. The maximum absolute atomic E-state index is 12.5. The molecule has 1 amide bonds. The predicted octanol–water partition coefficient (Wildman–Crippen LogP) is 0.733. The fraction of sp³-hybridized carbons (Fsp3) is 0.609. The van der Waals surface area contributed by atoms with Crippen molar-refractivity contribution in [2.24, 2.45) is 4.99 Å². The minimum atomic E-state index is -0.736. The van der Waals surface area contributed by atoms with E-state index < -0.39 is 5.60 Å². The van der Waals surface area contributed by atoms with Crippen molar-refractivity contribution in [3.05, 3.63) is 23.8 Å². The second-order valence-electron chi connectivity index (χ2n) is 9.21. The van der Waals surface area contributed by atoms with Gasteiger partial charge in [-0.05, 0) is 45.1 Å². The number of amides is 1. The molecule has 32 heavy (non-hydrogen) atoms. The number of benzene rings is 1. The molecule has 9 nitrogen and oxygen atoms in total. The zero-order valence-corrected chi connectivity index (χ0v) is 19.5. The van der Waals surface area contributed by atoms with Crippen LogP contribution in [0, 0.1) is 0 Å². The van der Waals surface area contributed by atoms with Crippen LogP contribution >= 0.6 is 0 Å². The van der Waals surface area contributed by atoms with Gasteiger partial charge in [0.1, 0.15) is 0 Å². The van der Waals surface area contributed by atoms with Crippen molar-refractivity contribution in [2.45, 2.75) is 18.4 Å². The third-order valence-corrected chi connectivity index (χ3v) is 6.26. The fourth-order valence-electron chi connectivity index (χ4n) is 4.10. The van der Waals surface area contributed by atoms with Crippen LogP contribution in [0.15, 0.2) is 23.2 Å². The van der Waals surface area contributed by atoms with E-state index in [4.69, 9.17) is 0 Å². The Kier molecular flexibility index (Phi) is 8.36. The number of anilines is 1. The highest BCUT2D eigenvalue weighted by Gasteiger charge is 2.31. The average molecular weight is 445 g/mol. The molecule has 0 aromatic heterocycles. The topological polar surface area (TPSA) is 91.7 Å². The summed E-state index contributed by atoms with van der Waals surface area (Å²) in [5.41, 5.74) is 0.808. The number of aliphatic hydroxyl groups is 1. The molecular weight excluding hydrogens is 408 g/mol. The number of rotatable bonds is 8. The number of likely N-dealkylation sites (tertiary alicyclic amines) is 1. The number of likely N-dealkylation sites (N-methyl/N-ethyl adjacent to an activating group) is 2. The van der Waals surface area contributed by atoms with Crippen LogP contribution in [0.25, 0.3) is 0 Å². The van der Waals surface area contributed by atoms with E-state index in [2.05, 4.69) is 39.1 Å². The number of piperazine rings is 1. The Labute approximate surface area is 190 Å². The van der Waals surface area contributed by atoms with Gasteiger partial charge in [0, 0.05) is 64.1 Å². The van der Waals surface area contributed by atoms with Gasteiger partial charge in [-0.2, -0.15) is 0 Å². The summed E-state index contributed by atoms with van der Waals surface area (Å²) in [5, 5.41) is 13.7. The number of nitrogens with zero attached hydrogens (tertiary/aromatic N) is 5. The number of carbonyl (C=O) groups excluding carboxylic acids is 2. The van der Waals surface area contributed by atoms with E-state index in [1.807, 2.05) is 11.9 Å². The maximum Gasteiger partial charge on any atom is 0.238 e. The van der Waals surface area contributed by atoms with E-state index in [9.17, 15) is 14.7 Å². The Morgan fingerprint density at radius 3 is 2.47 bits per heavy atom. The van der Waals surface area contributed by atoms with Gasteiger partial charge >= 0.3 is 0 Å². The number of hydrogen-bond donors (Lipinski definition) is 2. The lowest BCUT2D eigenvalue weighted by Gasteiger charge is -2.38. The predicted molar refractivity (Wildman–Crippen MR) is 127 cm³/mol. The number of aldehydes is 1. The van der Waals surface area contributed by atoms with Crippen LogP contribution in [0.5, 0.6) is 0 Å². The van der Waals surface area contributed by atoms with Gasteiger partial charge in [-0.1, -0.05) is 0 Å². The number of nitrogens with one attached hydrogen (secondary N) is 1. The Hall–Kier alpha value is -2.33. The molecule has 2 saturated heterocycles. The van der Waals surface area contributed by atoms with Crippen molar-refractivity contribution in [2.75, 3.05) is 78.8 Å². The Morgan fingerprint density at radius 2 is 1.81 bits per heavy atom. The van der Waals surface area contributed by atoms with Crippen LogP contribution in [0.4, 0.5) is 11.4 Å². The minimum absolute atomic E-state index is 0.0788. The van der Waals surface area contributed by atoms with Crippen LogP contribution < -0.4 is 5.32 Å². The Morgan fingerprint density at radius 1 is 1.16 bits per heavy atom. The Bertz CT molecular complexity index is 814. The zero-order chi connectivity index (χ0) is 23.1. The summed E-state index contributed by atoms with van der Waals surface area (Å²) in [6.45, 7) is 6.22. The van der Waals surface area contributed by atoms with Crippen LogP contribution in [0.1, 0.15) is 23.2 Å². The highest BCUT2D eigenvalue weighted by atomic mass is 16.3. The highest BCUT2D eigenvalue weighted by molar-refractivity contribution is 5.94. The smallest absolute Gasteiger partial charge is 0.238 e. The van der Waals surface area contributed by atoms with Gasteiger partial charge in [-0.3, -0.25) is 14.5 Å². The van der Waals surface area contributed by atoms with Gasteiger partial charge in [0.2, 0.25) is 5.91 Å². The van der Waals surface area contributed by atoms with Crippen molar-refractivity contribution < 1.29 is 14.7 Å². The van der Waals surface area contributed by atoms with E-state index >= 15 is 0 Å². The number of hydrogen-bond acceptors (Lipinski definition) is 7. The summed E-state index contributed by atoms with van der Waals surface area (Å²) in [7, 11) is 6.00. The fourth-order valence-corrected chi connectivity index (χ4v) is 4.10. The summed E-state index contributed by atoms with van der Waals surface area (Å²) in [6, 6.07) is 5.09. The summed E-state index contributed by atoms with van der Waals surface area (Å²) in [6.07, 6.45) is 3.83. The van der Waals surface area contributed by atoms with Crippen molar-refractivity contribution in [1.82, 2.24) is 19.6 Å². The van der Waals surface area contributed by atoms with Gasteiger partial charge in [-0.25, -0.2) is 4.99 Å². The molecule has 0 unspecified atom stereocenters. The molecule has 2 heterocycles. The maximum atomic E-state index is 12.5. The third-order valence-electron chi connectivity index (χ3n) is 6.26. The monoisotopic (exact) mass is 444 g/mol. The normalized spacial score (nSPS) is 20.4. The van der Waals surface area contributed by atoms with E-state index in [0.717, 1.165) is 58.4 Å². The quantitative estimate of drug-likeness (QED) is 0.347. The SMILES string of the molecule is CN(C=Nc1cc(NC(=O)CN2CCN(C)CC2)ccc1C=O)CC1(O)CCN(C)CC1. The lowest BCUT2D eigenvalue weighted by Crippen LogP contribution is -2.49. The van der Waals surface area contributed by atoms with Crippen molar-refractivity contribution in [3.63, 3.8) is 0 Å². The molecule has 1 aromatic carbocycles.